The molecule has 0 aliphatic carbocycles. The molecule has 0 saturated heterocycles. The Hall–Kier alpha value is -2.08. The minimum absolute atomic E-state index is 0.459. The van der Waals surface area contributed by atoms with Crippen LogP contribution in [-0.4, -0.2) is 24.4 Å². The molecule has 1 aromatic heterocycles. The van der Waals surface area contributed by atoms with Crippen molar-refractivity contribution in [3.63, 3.8) is 0 Å². The number of benzene rings is 1. The largest absolute Gasteiger partial charge is 0.493 e. The SMILES string of the molecule is CCC(C)(N)c1nc(Cc2ccc(OC)c(OC)c2)no1. The van der Waals surface area contributed by atoms with Crippen LogP contribution >= 0.6 is 0 Å². The standard InChI is InChI=1S/C15H21N3O3/c1-5-15(2,16)14-17-13(18-21-14)9-10-6-7-11(19-3)12(8-10)20-4/h6-8H,5,9,16H2,1-4H3. The van der Waals surface area contributed by atoms with Crippen LogP contribution in [0.1, 0.15) is 37.5 Å². The molecule has 0 aliphatic heterocycles. The van der Waals surface area contributed by atoms with Crippen LogP contribution in [0.25, 0.3) is 0 Å². The Morgan fingerprint density at radius 1 is 1.24 bits per heavy atom. The molecule has 6 heteroatoms. The monoisotopic (exact) mass is 291 g/mol. The summed E-state index contributed by atoms with van der Waals surface area (Å²) in [6.07, 6.45) is 1.27. The number of aromatic nitrogens is 2. The summed E-state index contributed by atoms with van der Waals surface area (Å²) in [5.41, 5.74) is 6.51. The van der Waals surface area contributed by atoms with Crippen molar-refractivity contribution in [3.8, 4) is 11.5 Å². The summed E-state index contributed by atoms with van der Waals surface area (Å²) in [4.78, 5) is 4.37. The molecule has 0 spiro atoms. The Bertz CT molecular complexity index is 608. The molecule has 114 valence electrons. The molecule has 6 nitrogen and oxygen atoms in total. The highest BCUT2D eigenvalue weighted by atomic mass is 16.5. The molecule has 0 amide bonds. The topological polar surface area (TPSA) is 83.4 Å². The van der Waals surface area contributed by atoms with Gasteiger partial charge in [0.25, 0.3) is 0 Å². The van der Waals surface area contributed by atoms with Gasteiger partial charge in [0, 0.05) is 6.42 Å². The molecule has 1 atom stereocenters. The van der Waals surface area contributed by atoms with Crippen molar-refractivity contribution in [1.29, 1.82) is 0 Å². The molecule has 0 fully saturated rings. The van der Waals surface area contributed by atoms with Crippen LogP contribution in [0.5, 0.6) is 11.5 Å². The fourth-order valence-electron chi connectivity index (χ4n) is 1.88. The summed E-state index contributed by atoms with van der Waals surface area (Å²) in [5.74, 6) is 2.43. The summed E-state index contributed by atoms with van der Waals surface area (Å²) in [6.45, 7) is 3.86. The molecule has 2 aromatic rings. The summed E-state index contributed by atoms with van der Waals surface area (Å²) in [6, 6.07) is 5.70. The van der Waals surface area contributed by atoms with Gasteiger partial charge >= 0.3 is 0 Å². The van der Waals surface area contributed by atoms with Crippen LogP contribution in [0.3, 0.4) is 0 Å². The van der Waals surface area contributed by atoms with Crippen molar-refractivity contribution >= 4 is 0 Å². The normalized spacial score (nSPS) is 13.8. The number of methoxy groups -OCH3 is 2. The average molecular weight is 291 g/mol. The number of hydrogen-bond acceptors (Lipinski definition) is 6. The van der Waals surface area contributed by atoms with Gasteiger partial charge < -0.3 is 19.7 Å². The maximum Gasteiger partial charge on any atom is 0.246 e. The first-order valence-electron chi connectivity index (χ1n) is 6.83. The lowest BCUT2D eigenvalue weighted by atomic mass is 10.0. The lowest BCUT2D eigenvalue weighted by Crippen LogP contribution is -2.32. The van der Waals surface area contributed by atoms with E-state index < -0.39 is 5.54 Å². The van der Waals surface area contributed by atoms with Gasteiger partial charge in [0.1, 0.15) is 0 Å². The van der Waals surface area contributed by atoms with Gasteiger partial charge in [-0.3, -0.25) is 0 Å². The van der Waals surface area contributed by atoms with Crippen LogP contribution in [-0.2, 0) is 12.0 Å². The van der Waals surface area contributed by atoms with E-state index in [1.165, 1.54) is 0 Å². The fraction of sp³-hybridized carbons (Fsp3) is 0.467. The van der Waals surface area contributed by atoms with Gasteiger partial charge in [-0.05, 0) is 31.0 Å². The summed E-state index contributed by atoms with van der Waals surface area (Å²) >= 11 is 0. The number of nitrogens with zero attached hydrogens (tertiary/aromatic N) is 2. The minimum Gasteiger partial charge on any atom is -0.493 e. The van der Waals surface area contributed by atoms with Gasteiger partial charge in [-0.1, -0.05) is 18.1 Å². The first-order valence-corrected chi connectivity index (χ1v) is 6.83. The molecule has 0 radical (unpaired) electrons. The van der Waals surface area contributed by atoms with E-state index in [0.29, 0.717) is 29.6 Å². The zero-order valence-corrected chi connectivity index (χ0v) is 12.8. The second-order valence-corrected chi connectivity index (χ2v) is 5.15. The Labute approximate surface area is 124 Å². The number of nitrogens with two attached hydrogens (primary N) is 1. The van der Waals surface area contributed by atoms with E-state index in [2.05, 4.69) is 10.1 Å². The van der Waals surface area contributed by atoms with E-state index in [4.69, 9.17) is 19.7 Å². The smallest absolute Gasteiger partial charge is 0.246 e. The van der Waals surface area contributed by atoms with E-state index in [1.807, 2.05) is 32.0 Å². The van der Waals surface area contributed by atoms with Gasteiger partial charge in [-0.2, -0.15) is 4.98 Å². The second-order valence-electron chi connectivity index (χ2n) is 5.15. The van der Waals surface area contributed by atoms with Crippen LogP contribution in [0.4, 0.5) is 0 Å². The predicted octanol–water partition coefficient (Wildman–Crippen LogP) is 2.26. The number of hydrogen-bond donors (Lipinski definition) is 1. The van der Waals surface area contributed by atoms with Crippen molar-refractivity contribution in [3.05, 3.63) is 35.5 Å². The molecule has 1 aromatic carbocycles. The van der Waals surface area contributed by atoms with E-state index in [1.54, 1.807) is 14.2 Å². The second kappa shape index (κ2) is 6.13. The maximum atomic E-state index is 6.09. The molecular weight excluding hydrogens is 270 g/mol. The fourth-order valence-corrected chi connectivity index (χ4v) is 1.88. The Morgan fingerprint density at radius 2 is 1.95 bits per heavy atom. The average Bonchev–Trinajstić information content (AvgIpc) is 2.96. The molecule has 2 rings (SSSR count). The first kappa shape index (κ1) is 15.3. The molecular formula is C15H21N3O3. The third-order valence-electron chi connectivity index (χ3n) is 3.50. The quantitative estimate of drug-likeness (QED) is 0.879. The van der Waals surface area contributed by atoms with Crippen molar-refractivity contribution in [2.24, 2.45) is 5.73 Å². The molecule has 1 unspecified atom stereocenters. The van der Waals surface area contributed by atoms with E-state index in [-0.39, 0.29) is 0 Å². The molecule has 2 N–H and O–H groups in total. The highest BCUT2D eigenvalue weighted by molar-refractivity contribution is 5.43. The van der Waals surface area contributed by atoms with Crippen molar-refractivity contribution in [1.82, 2.24) is 10.1 Å². The zero-order chi connectivity index (χ0) is 15.5. The summed E-state index contributed by atoms with van der Waals surface area (Å²) < 4.78 is 15.7. The van der Waals surface area contributed by atoms with Crippen molar-refractivity contribution < 1.29 is 14.0 Å². The van der Waals surface area contributed by atoms with Gasteiger partial charge in [0.2, 0.25) is 5.89 Å². The number of ether oxygens (including phenoxy) is 2. The first-order chi connectivity index (χ1) is 10.00. The van der Waals surface area contributed by atoms with Crippen LogP contribution in [0.15, 0.2) is 22.7 Å². The molecule has 0 saturated carbocycles. The highest BCUT2D eigenvalue weighted by Crippen LogP contribution is 2.28. The third kappa shape index (κ3) is 3.33. The van der Waals surface area contributed by atoms with Gasteiger partial charge in [0.05, 0.1) is 19.8 Å². The summed E-state index contributed by atoms with van der Waals surface area (Å²) in [5, 5.41) is 3.99. The van der Waals surface area contributed by atoms with Gasteiger partial charge in [-0.25, -0.2) is 0 Å². The highest BCUT2D eigenvalue weighted by Gasteiger charge is 2.26. The molecule has 0 bridgehead atoms. The van der Waals surface area contributed by atoms with Gasteiger partial charge in [-0.15, -0.1) is 0 Å². The van der Waals surface area contributed by atoms with Crippen LogP contribution in [0.2, 0.25) is 0 Å². The third-order valence-corrected chi connectivity index (χ3v) is 3.50. The maximum absolute atomic E-state index is 6.09. The van der Waals surface area contributed by atoms with E-state index in [9.17, 15) is 0 Å². The number of rotatable bonds is 6. The van der Waals surface area contributed by atoms with E-state index >= 15 is 0 Å². The lowest BCUT2D eigenvalue weighted by molar-refractivity contribution is 0.290. The molecule has 1 heterocycles. The van der Waals surface area contributed by atoms with E-state index in [0.717, 1.165) is 12.0 Å². The lowest BCUT2D eigenvalue weighted by Gasteiger charge is -2.16. The summed E-state index contributed by atoms with van der Waals surface area (Å²) in [7, 11) is 3.21. The predicted molar refractivity (Wildman–Crippen MR) is 78.5 cm³/mol. The Morgan fingerprint density at radius 3 is 2.57 bits per heavy atom. The molecule has 0 aliphatic rings. The van der Waals surface area contributed by atoms with Crippen molar-refractivity contribution in [2.45, 2.75) is 32.2 Å². The zero-order valence-electron chi connectivity index (χ0n) is 12.8. The van der Waals surface area contributed by atoms with Gasteiger partial charge in [0.15, 0.2) is 17.3 Å². The van der Waals surface area contributed by atoms with Crippen LogP contribution < -0.4 is 15.2 Å². The van der Waals surface area contributed by atoms with Crippen LogP contribution in [0, 0.1) is 0 Å². The Balaban J connectivity index is 2.19. The minimum atomic E-state index is -0.594. The van der Waals surface area contributed by atoms with Crippen molar-refractivity contribution in [2.75, 3.05) is 14.2 Å². The molecule has 21 heavy (non-hydrogen) atoms. The Kier molecular flexibility index (Phi) is 4.47.